The van der Waals surface area contributed by atoms with E-state index < -0.39 is 35.6 Å². The van der Waals surface area contributed by atoms with E-state index in [1.165, 1.54) is 6.07 Å². The fourth-order valence-corrected chi connectivity index (χ4v) is 2.15. The molecule has 2 aromatic rings. The second kappa shape index (κ2) is 8.19. The molecule has 0 unspecified atom stereocenters. The maximum atomic E-state index is 14.0. The number of hydrogen-bond acceptors (Lipinski definition) is 5. The van der Waals surface area contributed by atoms with E-state index in [2.05, 4.69) is 14.7 Å². The van der Waals surface area contributed by atoms with E-state index in [0.717, 1.165) is 24.8 Å². The molecule has 8 heteroatoms. The fourth-order valence-electron chi connectivity index (χ4n) is 2.15. The Balaban J connectivity index is 2.11. The number of carbonyl (C=O) groups excluding carboxylic acids is 2. The first-order valence-corrected chi connectivity index (χ1v) is 7.48. The average Bonchev–Trinajstić information content (AvgIpc) is 2.61. The van der Waals surface area contributed by atoms with Gasteiger partial charge in [0.2, 0.25) is 0 Å². The van der Waals surface area contributed by atoms with Crippen LogP contribution in [0, 0.1) is 18.6 Å². The summed E-state index contributed by atoms with van der Waals surface area (Å²) in [5.74, 6) is -3.92. The van der Waals surface area contributed by atoms with Gasteiger partial charge in [-0.3, -0.25) is 0 Å². The summed E-state index contributed by atoms with van der Waals surface area (Å²) in [5, 5.41) is 3.40. The van der Waals surface area contributed by atoms with Gasteiger partial charge in [0, 0.05) is 12.0 Å². The highest BCUT2D eigenvalue weighted by Gasteiger charge is 2.17. The molecule has 0 fully saturated rings. The standard InChI is InChI=1S/C18H16F2N2O4/c1-10-4-3-5-11(6-10)18(24)26-22-16(21)9-13-14(19)7-12(8-15(13)20)17(23)25-2/h3-8H,9H2,1-2H3,(H2,21,22). The van der Waals surface area contributed by atoms with Crippen molar-refractivity contribution in [1.82, 2.24) is 0 Å². The number of rotatable bonds is 5. The van der Waals surface area contributed by atoms with Crippen LogP contribution in [0.5, 0.6) is 0 Å². The summed E-state index contributed by atoms with van der Waals surface area (Å²) < 4.78 is 32.4. The summed E-state index contributed by atoms with van der Waals surface area (Å²) in [6.07, 6.45) is -0.444. The molecule has 0 aliphatic carbocycles. The number of esters is 1. The van der Waals surface area contributed by atoms with Crippen molar-refractivity contribution in [2.24, 2.45) is 10.9 Å². The van der Waals surface area contributed by atoms with Crippen molar-refractivity contribution in [3.8, 4) is 0 Å². The van der Waals surface area contributed by atoms with Gasteiger partial charge in [-0.05, 0) is 31.2 Å². The highest BCUT2D eigenvalue weighted by Crippen LogP contribution is 2.17. The molecule has 2 N–H and O–H groups in total. The number of carbonyl (C=O) groups is 2. The van der Waals surface area contributed by atoms with Gasteiger partial charge in [-0.1, -0.05) is 22.9 Å². The largest absolute Gasteiger partial charge is 0.465 e. The number of aryl methyl sites for hydroxylation is 1. The molecule has 0 aromatic heterocycles. The van der Waals surface area contributed by atoms with Crippen LogP contribution in [0.2, 0.25) is 0 Å². The lowest BCUT2D eigenvalue weighted by atomic mass is 10.1. The van der Waals surface area contributed by atoms with E-state index in [1.54, 1.807) is 25.1 Å². The molecule has 0 radical (unpaired) electrons. The summed E-state index contributed by atoms with van der Waals surface area (Å²) in [6, 6.07) is 8.27. The molecule has 0 atom stereocenters. The number of nitrogens with zero attached hydrogens (tertiary/aromatic N) is 1. The second-order valence-corrected chi connectivity index (χ2v) is 5.42. The van der Waals surface area contributed by atoms with Crippen molar-refractivity contribution in [3.05, 3.63) is 70.3 Å². The van der Waals surface area contributed by atoms with Crippen LogP contribution < -0.4 is 5.73 Å². The smallest absolute Gasteiger partial charge is 0.365 e. The van der Waals surface area contributed by atoms with Crippen LogP contribution in [0.25, 0.3) is 0 Å². The van der Waals surface area contributed by atoms with Crippen LogP contribution in [0.15, 0.2) is 41.6 Å². The number of nitrogens with two attached hydrogens (primary N) is 1. The van der Waals surface area contributed by atoms with Crippen LogP contribution in [0.3, 0.4) is 0 Å². The van der Waals surface area contributed by atoms with Crippen molar-refractivity contribution in [1.29, 1.82) is 0 Å². The highest BCUT2D eigenvalue weighted by atomic mass is 19.1. The van der Waals surface area contributed by atoms with Crippen molar-refractivity contribution in [2.45, 2.75) is 13.3 Å². The number of amidine groups is 1. The predicted octanol–water partition coefficient (Wildman–Crippen LogP) is 2.73. The monoisotopic (exact) mass is 362 g/mol. The van der Waals surface area contributed by atoms with Gasteiger partial charge in [0.05, 0.1) is 18.2 Å². The Morgan fingerprint density at radius 3 is 2.31 bits per heavy atom. The number of halogens is 2. The number of benzene rings is 2. The first-order chi connectivity index (χ1) is 12.3. The molecule has 0 saturated heterocycles. The van der Waals surface area contributed by atoms with Crippen LogP contribution in [-0.2, 0) is 16.0 Å². The van der Waals surface area contributed by atoms with Gasteiger partial charge in [0.15, 0.2) is 0 Å². The summed E-state index contributed by atoms with van der Waals surface area (Å²) in [4.78, 5) is 27.9. The molecular weight excluding hydrogens is 346 g/mol. The Morgan fingerprint density at radius 1 is 1.08 bits per heavy atom. The normalized spacial score (nSPS) is 11.2. The summed E-state index contributed by atoms with van der Waals surface area (Å²) in [7, 11) is 1.10. The van der Waals surface area contributed by atoms with Crippen LogP contribution >= 0.6 is 0 Å². The number of ether oxygens (including phenoxy) is 1. The molecule has 2 aromatic carbocycles. The molecule has 0 aliphatic rings. The molecule has 0 bridgehead atoms. The summed E-state index contributed by atoms with van der Waals surface area (Å²) in [5.41, 5.74) is 6.01. The van der Waals surface area contributed by atoms with Gasteiger partial charge in [-0.25, -0.2) is 18.4 Å². The summed E-state index contributed by atoms with van der Waals surface area (Å²) in [6.45, 7) is 1.80. The predicted molar refractivity (Wildman–Crippen MR) is 89.6 cm³/mol. The maximum absolute atomic E-state index is 14.0. The van der Waals surface area contributed by atoms with Crippen molar-refractivity contribution in [3.63, 3.8) is 0 Å². The number of hydrogen-bond donors (Lipinski definition) is 1. The van der Waals surface area contributed by atoms with Crippen molar-refractivity contribution in [2.75, 3.05) is 7.11 Å². The SMILES string of the molecule is COC(=O)c1cc(F)c(C/C(N)=N/OC(=O)c2cccc(C)c2)c(F)c1. The van der Waals surface area contributed by atoms with Gasteiger partial charge in [-0.2, -0.15) is 0 Å². The third-order valence-electron chi connectivity index (χ3n) is 3.42. The quantitative estimate of drug-likeness (QED) is 0.290. The molecule has 6 nitrogen and oxygen atoms in total. The number of oxime groups is 1. The summed E-state index contributed by atoms with van der Waals surface area (Å²) >= 11 is 0. The first-order valence-electron chi connectivity index (χ1n) is 7.48. The molecular formula is C18H16F2N2O4. The Hall–Kier alpha value is -3.29. The van der Waals surface area contributed by atoms with Gasteiger partial charge >= 0.3 is 11.9 Å². The molecule has 0 amide bonds. The van der Waals surface area contributed by atoms with Gasteiger partial charge in [0.25, 0.3) is 0 Å². The first kappa shape index (κ1) is 19.0. The molecule has 2 rings (SSSR count). The van der Waals surface area contributed by atoms with Crippen molar-refractivity contribution < 1.29 is 27.9 Å². The lowest BCUT2D eigenvalue weighted by Gasteiger charge is -2.07. The third-order valence-corrected chi connectivity index (χ3v) is 3.42. The van der Waals surface area contributed by atoms with Gasteiger partial charge in [-0.15, -0.1) is 0 Å². The zero-order valence-corrected chi connectivity index (χ0v) is 14.1. The van der Waals surface area contributed by atoms with E-state index in [0.29, 0.717) is 0 Å². The number of methoxy groups -OCH3 is 1. The Labute approximate surface area is 148 Å². The minimum atomic E-state index is -0.992. The molecule has 0 saturated carbocycles. The zero-order chi connectivity index (χ0) is 19.3. The zero-order valence-electron chi connectivity index (χ0n) is 14.1. The molecule has 0 spiro atoms. The van der Waals surface area contributed by atoms with Gasteiger partial charge in [0.1, 0.15) is 17.5 Å². The molecule has 0 aliphatic heterocycles. The maximum Gasteiger partial charge on any atom is 0.365 e. The highest BCUT2D eigenvalue weighted by molar-refractivity contribution is 5.91. The minimum Gasteiger partial charge on any atom is -0.465 e. The molecule has 136 valence electrons. The van der Waals surface area contributed by atoms with E-state index in [-0.39, 0.29) is 17.0 Å². The van der Waals surface area contributed by atoms with Gasteiger partial charge < -0.3 is 15.3 Å². The molecule has 26 heavy (non-hydrogen) atoms. The topological polar surface area (TPSA) is 91.0 Å². The van der Waals surface area contributed by atoms with Crippen LogP contribution in [0.1, 0.15) is 31.8 Å². The second-order valence-electron chi connectivity index (χ2n) is 5.42. The van der Waals surface area contributed by atoms with E-state index in [1.807, 2.05) is 0 Å². The van der Waals surface area contributed by atoms with Crippen molar-refractivity contribution >= 4 is 17.8 Å². The third kappa shape index (κ3) is 4.62. The molecule has 0 heterocycles. The average molecular weight is 362 g/mol. The van der Waals surface area contributed by atoms with Crippen LogP contribution in [-0.4, -0.2) is 24.9 Å². The van der Waals surface area contributed by atoms with E-state index in [4.69, 9.17) is 5.73 Å². The lowest BCUT2D eigenvalue weighted by molar-refractivity contribution is 0.0514. The van der Waals surface area contributed by atoms with E-state index in [9.17, 15) is 18.4 Å². The Kier molecular flexibility index (Phi) is 6.00. The lowest BCUT2D eigenvalue weighted by Crippen LogP contribution is -2.19. The Morgan fingerprint density at radius 2 is 1.73 bits per heavy atom. The minimum absolute atomic E-state index is 0.265. The van der Waals surface area contributed by atoms with E-state index >= 15 is 0 Å². The van der Waals surface area contributed by atoms with Crippen LogP contribution in [0.4, 0.5) is 8.78 Å². The fraction of sp³-hybridized carbons (Fsp3) is 0.167. The Bertz CT molecular complexity index is 858.